The maximum absolute atomic E-state index is 12.6. The molecular weight excluding hydrogens is 366 g/mol. The molecule has 0 bridgehead atoms. The molecule has 1 atom stereocenters. The molecule has 2 N–H and O–H groups in total. The Hall–Kier alpha value is -3.28. The van der Waals surface area contributed by atoms with Crippen molar-refractivity contribution in [3.05, 3.63) is 65.9 Å². The predicted octanol–water partition coefficient (Wildman–Crippen LogP) is 4.76. The van der Waals surface area contributed by atoms with Crippen LogP contribution in [-0.2, 0) is 0 Å². The average Bonchev–Trinajstić information content (AvgIpc) is 3.25. The van der Waals surface area contributed by atoms with Crippen LogP contribution in [0.4, 0.5) is 0 Å². The van der Waals surface area contributed by atoms with Crippen molar-refractivity contribution in [3.63, 3.8) is 0 Å². The van der Waals surface area contributed by atoms with E-state index < -0.39 is 0 Å². The summed E-state index contributed by atoms with van der Waals surface area (Å²) in [7, 11) is 1.63. The van der Waals surface area contributed by atoms with Gasteiger partial charge in [-0.2, -0.15) is 5.10 Å². The van der Waals surface area contributed by atoms with E-state index in [2.05, 4.69) is 22.4 Å². The van der Waals surface area contributed by atoms with E-state index in [1.807, 2.05) is 55.5 Å². The highest BCUT2D eigenvalue weighted by Crippen LogP contribution is 2.22. The number of unbranched alkanes of at least 4 members (excludes halogenated alkanes) is 1. The molecule has 152 valence electrons. The van der Waals surface area contributed by atoms with E-state index >= 15 is 0 Å². The zero-order valence-electron chi connectivity index (χ0n) is 17.1. The molecule has 6 heteroatoms. The molecule has 2 aromatic carbocycles. The van der Waals surface area contributed by atoms with E-state index in [1.165, 1.54) is 0 Å². The number of carbonyl (C=O) groups is 1. The third-order valence-electron chi connectivity index (χ3n) is 4.70. The number of nitrogens with one attached hydrogen (secondary N) is 2. The van der Waals surface area contributed by atoms with Crippen LogP contribution in [0.2, 0.25) is 0 Å². The summed E-state index contributed by atoms with van der Waals surface area (Å²) in [5, 5.41) is 10.1. The van der Waals surface area contributed by atoms with Gasteiger partial charge in [-0.25, -0.2) is 0 Å². The standard InChI is InChI=1S/C23H27N3O3/c1-4-5-14-29-20-12-8-18(9-13-20)21-15-22(26-25-21)23(27)24-16(2)17-6-10-19(28-3)11-7-17/h6-13,15-16H,4-5,14H2,1-3H3,(H,24,27)(H,25,26)/t16-/m1/s1. The van der Waals surface area contributed by atoms with Gasteiger partial charge in [-0.1, -0.05) is 25.5 Å². The monoisotopic (exact) mass is 393 g/mol. The molecule has 0 saturated heterocycles. The number of nitrogens with zero attached hydrogens (tertiary/aromatic N) is 1. The van der Waals surface area contributed by atoms with Gasteiger partial charge < -0.3 is 14.8 Å². The molecule has 3 aromatic rings. The first-order chi connectivity index (χ1) is 14.1. The van der Waals surface area contributed by atoms with Crippen LogP contribution >= 0.6 is 0 Å². The molecule has 3 rings (SSSR count). The van der Waals surface area contributed by atoms with Crippen LogP contribution < -0.4 is 14.8 Å². The Morgan fingerprint density at radius 1 is 1.10 bits per heavy atom. The van der Waals surface area contributed by atoms with Crippen LogP contribution in [0.1, 0.15) is 48.8 Å². The number of carbonyl (C=O) groups excluding carboxylic acids is 1. The second kappa shape index (κ2) is 9.78. The molecule has 29 heavy (non-hydrogen) atoms. The van der Waals surface area contributed by atoms with Gasteiger partial charge in [0.05, 0.1) is 25.5 Å². The van der Waals surface area contributed by atoms with Gasteiger partial charge in [0.15, 0.2) is 0 Å². The van der Waals surface area contributed by atoms with E-state index in [1.54, 1.807) is 13.2 Å². The molecule has 0 aliphatic carbocycles. The zero-order valence-corrected chi connectivity index (χ0v) is 17.1. The lowest BCUT2D eigenvalue weighted by atomic mass is 10.1. The van der Waals surface area contributed by atoms with Crippen molar-refractivity contribution in [2.24, 2.45) is 0 Å². The minimum atomic E-state index is -0.202. The minimum absolute atomic E-state index is 0.139. The van der Waals surface area contributed by atoms with Crippen LogP contribution in [0.3, 0.4) is 0 Å². The van der Waals surface area contributed by atoms with Crippen molar-refractivity contribution in [3.8, 4) is 22.8 Å². The van der Waals surface area contributed by atoms with Gasteiger partial charge in [-0.05, 0) is 61.4 Å². The molecule has 0 aliphatic heterocycles. The number of rotatable bonds is 9. The molecule has 0 radical (unpaired) electrons. The summed E-state index contributed by atoms with van der Waals surface area (Å²) in [6.45, 7) is 4.79. The van der Waals surface area contributed by atoms with Crippen molar-refractivity contribution in [1.29, 1.82) is 0 Å². The number of H-pyrrole nitrogens is 1. The molecule has 0 fully saturated rings. The van der Waals surface area contributed by atoms with E-state index in [-0.39, 0.29) is 11.9 Å². The van der Waals surface area contributed by atoms with Gasteiger partial charge in [-0.3, -0.25) is 9.89 Å². The quantitative estimate of drug-likeness (QED) is 0.514. The summed E-state index contributed by atoms with van der Waals surface area (Å²) in [6, 6.07) is 17.0. The number of methoxy groups -OCH3 is 1. The molecule has 1 amide bonds. The predicted molar refractivity (Wildman–Crippen MR) is 113 cm³/mol. The number of benzene rings is 2. The summed E-state index contributed by atoms with van der Waals surface area (Å²) in [6.07, 6.45) is 2.14. The second-order valence-electron chi connectivity index (χ2n) is 6.86. The van der Waals surface area contributed by atoms with Gasteiger partial charge >= 0.3 is 0 Å². The lowest BCUT2D eigenvalue weighted by Gasteiger charge is -2.14. The normalized spacial score (nSPS) is 11.7. The summed E-state index contributed by atoms with van der Waals surface area (Å²) in [5.41, 5.74) is 3.06. The van der Waals surface area contributed by atoms with Crippen LogP contribution in [0, 0.1) is 0 Å². The fraction of sp³-hybridized carbons (Fsp3) is 0.304. The number of aromatic amines is 1. The second-order valence-corrected chi connectivity index (χ2v) is 6.86. The Labute approximate surface area is 171 Å². The Bertz CT molecular complexity index is 917. The van der Waals surface area contributed by atoms with Crippen LogP contribution in [-0.4, -0.2) is 29.8 Å². The smallest absolute Gasteiger partial charge is 0.269 e. The Balaban J connectivity index is 1.61. The lowest BCUT2D eigenvalue weighted by molar-refractivity contribution is 0.0935. The van der Waals surface area contributed by atoms with Crippen LogP contribution in [0.15, 0.2) is 54.6 Å². The summed E-state index contributed by atoms with van der Waals surface area (Å²) < 4.78 is 10.8. The maximum atomic E-state index is 12.6. The molecule has 0 aliphatic rings. The molecule has 6 nitrogen and oxygen atoms in total. The topological polar surface area (TPSA) is 76.2 Å². The molecule has 1 heterocycles. The first-order valence-corrected chi connectivity index (χ1v) is 9.84. The van der Waals surface area contributed by atoms with Gasteiger partial charge in [0.1, 0.15) is 17.2 Å². The third kappa shape index (κ3) is 5.38. The van der Waals surface area contributed by atoms with Crippen molar-refractivity contribution < 1.29 is 14.3 Å². The van der Waals surface area contributed by atoms with Crippen LogP contribution in [0.5, 0.6) is 11.5 Å². The average molecular weight is 393 g/mol. The highest BCUT2D eigenvalue weighted by molar-refractivity contribution is 5.93. The van der Waals surface area contributed by atoms with Crippen molar-refractivity contribution in [2.45, 2.75) is 32.7 Å². The SMILES string of the molecule is CCCCOc1ccc(-c2cc(C(=O)N[C@H](C)c3ccc(OC)cc3)[nH]n2)cc1. The first kappa shape index (κ1) is 20.5. The highest BCUT2D eigenvalue weighted by Gasteiger charge is 2.15. The zero-order chi connectivity index (χ0) is 20.6. The Kier molecular flexibility index (Phi) is 6.89. The number of hydrogen-bond donors (Lipinski definition) is 2. The molecule has 0 spiro atoms. The van der Waals surface area contributed by atoms with Gasteiger partial charge in [0.25, 0.3) is 5.91 Å². The van der Waals surface area contributed by atoms with Crippen molar-refractivity contribution in [2.75, 3.05) is 13.7 Å². The Morgan fingerprint density at radius 3 is 2.45 bits per heavy atom. The number of hydrogen-bond acceptors (Lipinski definition) is 4. The highest BCUT2D eigenvalue weighted by atomic mass is 16.5. The van der Waals surface area contributed by atoms with E-state index in [0.717, 1.165) is 42.1 Å². The third-order valence-corrected chi connectivity index (χ3v) is 4.70. The number of ether oxygens (including phenoxy) is 2. The number of amides is 1. The molecular formula is C23H27N3O3. The Morgan fingerprint density at radius 2 is 1.79 bits per heavy atom. The largest absolute Gasteiger partial charge is 0.497 e. The van der Waals surface area contributed by atoms with Crippen LogP contribution in [0.25, 0.3) is 11.3 Å². The van der Waals surface area contributed by atoms with Gasteiger partial charge in [-0.15, -0.1) is 0 Å². The minimum Gasteiger partial charge on any atom is -0.497 e. The fourth-order valence-electron chi connectivity index (χ4n) is 2.89. The van der Waals surface area contributed by atoms with E-state index in [9.17, 15) is 4.79 Å². The fourth-order valence-corrected chi connectivity index (χ4v) is 2.89. The van der Waals surface area contributed by atoms with E-state index in [4.69, 9.17) is 9.47 Å². The molecule has 1 aromatic heterocycles. The van der Waals surface area contributed by atoms with E-state index in [0.29, 0.717) is 11.4 Å². The maximum Gasteiger partial charge on any atom is 0.269 e. The van der Waals surface area contributed by atoms with Gasteiger partial charge in [0, 0.05) is 5.56 Å². The summed E-state index contributed by atoms with van der Waals surface area (Å²) >= 11 is 0. The first-order valence-electron chi connectivity index (χ1n) is 9.84. The lowest BCUT2D eigenvalue weighted by Crippen LogP contribution is -2.26. The van der Waals surface area contributed by atoms with Gasteiger partial charge in [0.2, 0.25) is 0 Å². The molecule has 0 unspecified atom stereocenters. The molecule has 0 saturated carbocycles. The number of aromatic nitrogens is 2. The van der Waals surface area contributed by atoms with Crippen molar-refractivity contribution in [1.82, 2.24) is 15.5 Å². The summed E-state index contributed by atoms with van der Waals surface area (Å²) in [4.78, 5) is 12.6. The summed E-state index contributed by atoms with van der Waals surface area (Å²) in [5.74, 6) is 1.42. The van der Waals surface area contributed by atoms with Crippen molar-refractivity contribution >= 4 is 5.91 Å².